The van der Waals surface area contributed by atoms with Gasteiger partial charge in [0.2, 0.25) is 0 Å². The van der Waals surface area contributed by atoms with Gasteiger partial charge in [0.1, 0.15) is 22.5 Å². The van der Waals surface area contributed by atoms with Crippen LogP contribution in [0.25, 0.3) is 10.9 Å². The number of carboxylic acids is 1. The van der Waals surface area contributed by atoms with Crippen LogP contribution in [0.3, 0.4) is 0 Å². The van der Waals surface area contributed by atoms with Gasteiger partial charge >= 0.3 is 12.1 Å². The van der Waals surface area contributed by atoms with E-state index < -0.39 is 23.7 Å². The maximum Gasteiger partial charge on any atom is 0.408 e. The maximum absolute atomic E-state index is 11.9. The van der Waals surface area contributed by atoms with Gasteiger partial charge in [-0.1, -0.05) is 11.6 Å². The molecule has 7 nitrogen and oxygen atoms in total. The predicted octanol–water partition coefficient (Wildman–Crippen LogP) is 3.42. The number of aromatic nitrogens is 1. The summed E-state index contributed by atoms with van der Waals surface area (Å²) in [6.07, 6.45) is -0.843. The summed E-state index contributed by atoms with van der Waals surface area (Å²) in [6.45, 7) is 5.08. The van der Waals surface area contributed by atoms with Crippen molar-refractivity contribution in [3.8, 4) is 5.75 Å². The van der Waals surface area contributed by atoms with Gasteiger partial charge in [0.15, 0.2) is 0 Å². The number of fused-ring (bicyclic) bond motifs is 1. The number of amides is 1. The lowest BCUT2D eigenvalue weighted by molar-refractivity contribution is -0.139. The first-order valence-corrected chi connectivity index (χ1v) is 8.32. The molecule has 1 unspecified atom stereocenters. The molecule has 0 spiro atoms. The van der Waals surface area contributed by atoms with Crippen molar-refractivity contribution in [2.75, 3.05) is 7.11 Å². The van der Waals surface area contributed by atoms with Crippen LogP contribution in [-0.2, 0) is 16.0 Å². The fraction of sp³-hybridized carbons (Fsp3) is 0.389. The minimum Gasteiger partial charge on any atom is -0.497 e. The van der Waals surface area contributed by atoms with E-state index in [1.165, 1.54) is 0 Å². The zero-order valence-corrected chi connectivity index (χ0v) is 15.8. The average Bonchev–Trinajstić information content (AvgIpc) is 2.52. The molecule has 0 aliphatic heterocycles. The Morgan fingerprint density at radius 1 is 1.31 bits per heavy atom. The van der Waals surface area contributed by atoms with Gasteiger partial charge in [0.05, 0.1) is 12.6 Å². The van der Waals surface area contributed by atoms with Gasteiger partial charge in [-0.2, -0.15) is 0 Å². The van der Waals surface area contributed by atoms with Crippen LogP contribution in [0.15, 0.2) is 24.3 Å². The van der Waals surface area contributed by atoms with Gasteiger partial charge in [0, 0.05) is 11.8 Å². The quantitative estimate of drug-likeness (QED) is 0.771. The Hall–Kier alpha value is -2.54. The molecule has 1 amide bonds. The molecule has 0 saturated carbocycles. The Balaban J connectivity index is 2.26. The van der Waals surface area contributed by atoms with Crippen molar-refractivity contribution in [2.45, 2.75) is 38.8 Å². The average molecular weight is 381 g/mol. The summed E-state index contributed by atoms with van der Waals surface area (Å²) in [5.74, 6) is -0.549. The fourth-order valence-corrected chi connectivity index (χ4v) is 2.54. The summed E-state index contributed by atoms with van der Waals surface area (Å²) in [5.41, 5.74) is 0.425. The minimum absolute atomic E-state index is 0.0342. The van der Waals surface area contributed by atoms with Crippen LogP contribution >= 0.6 is 11.6 Å². The van der Waals surface area contributed by atoms with Crippen molar-refractivity contribution >= 4 is 34.6 Å². The molecular formula is C18H21ClN2O5. The van der Waals surface area contributed by atoms with Crippen molar-refractivity contribution in [1.29, 1.82) is 0 Å². The van der Waals surface area contributed by atoms with Gasteiger partial charge in [-0.05, 0) is 50.6 Å². The molecule has 1 aromatic carbocycles. The molecule has 1 atom stereocenters. The highest BCUT2D eigenvalue weighted by Crippen LogP contribution is 2.25. The molecule has 0 fully saturated rings. The lowest BCUT2D eigenvalue weighted by atomic mass is 10.1. The molecule has 26 heavy (non-hydrogen) atoms. The van der Waals surface area contributed by atoms with Crippen LogP contribution in [0.1, 0.15) is 26.3 Å². The van der Waals surface area contributed by atoms with Crippen molar-refractivity contribution in [3.05, 3.63) is 35.0 Å². The molecule has 2 aromatic rings. The van der Waals surface area contributed by atoms with E-state index >= 15 is 0 Å². The SMILES string of the molecule is COc1ccc2nc(Cl)c(CC(NC(=O)OC(C)(C)C)C(=O)O)cc2c1. The molecule has 0 radical (unpaired) electrons. The third-order valence-electron chi connectivity index (χ3n) is 3.46. The number of hydrogen-bond acceptors (Lipinski definition) is 5. The highest BCUT2D eigenvalue weighted by atomic mass is 35.5. The van der Waals surface area contributed by atoms with Crippen molar-refractivity contribution < 1.29 is 24.2 Å². The van der Waals surface area contributed by atoms with Crippen LogP contribution in [0.4, 0.5) is 4.79 Å². The Bertz CT molecular complexity index is 832. The van der Waals surface area contributed by atoms with E-state index in [-0.39, 0.29) is 11.6 Å². The summed E-state index contributed by atoms with van der Waals surface area (Å²) in [6, 6.07) is 5.83. The third-order valence-corrected chi connectivity index (χ3v) is 3.79. The summed E-state index contributed by atoms with van der Waals surface area (Å²) in [4.78, 5) is 27.7. The first-order valence-electron chi connectivity index (χ1n) is 7.94. The second kappa shape index (κ2) is 7.78. The second-order valence-electron chi connectivity index (χ2n) is 6.74. The standard InChI is InChI=1S/C18H21ClN2O5/c1-18(2,3)26-17(24)21-14(16(22)23)9-11-7-10-8-12(25-4)5-6-13(10)20-15(11)19/h5-8,14H,9H2,1-4H3,(H,21,24)(H,22,23). The van der Waals surface area contributed by atoms with E-state index in [2.05, 4.69) is 10.3 Å². The van der Waals surface area contributed by atoms with Crippen molar-refractivity contribution in [2.24, 2.45) is 0 Å². The number of hydrogen-bond donors (Lipinski definition) is 2. The molecule has 0 aliphatic rings. The Morgan fingerprint density at radius 3 is 2.58 bits per heavy atom. The maximum atomic E-state index is 11.9. The molecule has 0 bridgehead atoms. The summed E-state index contributed by atoms with van der Waals surface area (Å²) in [7, 11) is 1.55. The molecule has 8 heteroatoms. The number of pyridine rings is 1. The molecule has 2 rings (SSSR count). The number of benzene rings is 1. The summed E-state index contributed by atoms with van der Waals surface area (Å²) < 4.78 is 10.3. The molecule has 1 heterocycles. The number of halogens is 1. The Labute approximate surface area is 156 Å². The number of carbonyl (C=O) groups is 2. The number of rotatable bonds is 5. The van der Waals surface area contributed by atoms with Gasteiger partial charge in [-0.25, -0.2) is 14.6 Å². The molecule has 0 aliphatic carbocycles. The zero-order chi connectivity index (χ0) is 19.5. The number of alkyl carbamates (subject to hydrolysis) is 1. The molecular weight excluding hydrogens is 360 g/mol. The van der Waals surface area contributed by atoms with E-state index in [4.69, 9.17) is 21.1 Å². The first-order chi connectivity index (χ1) is 12.1. The number of carbonyl (C=O) groups excluding carboxylic acids is 1. The third kappa shape index (κ3) is 5.23. The molecule has 0 saturated heterocycles. The zero-order valence-electron chi connectivity index (χ0n) is 15.0. The summed E-state index contributed by atoms with van der Waals surface area (Å²) in [5, 5.41) is 12.7. The van der Waals surface area contributed by atoms with Gasteiger partial charge in [-0.3, -0.25) is 0 Å². The lowest BCUT2D eigenvalue weighted by Gasteiger charge is -2.22. The van der Waals surface area contributed by atoms with Crippen LogP contribution in [0.5, 0.6) is 5.75 Å². The number of aliphatic carboxylic acids is 1. The minimum atomic E-state index is -1.20. The van der Waals surface area contributed by atoms with E-state index in [1.54, 1.807) is 52.1 Å². The number of methoxy groups -OCH3 is 1. The van der Waals surface area contributed by atoms with Crippen LogP contribution < -0.4 is 10.1 Å². The lowest BCUT2D eigenvalue weighted by Crippen LogP contribution is -2.44. The predicted molar refractivity (Wildman–Crippen MR) is 97.8 cm³/mol. The van der Waals surface area contributed by atoms with E-state index in [9.17, 15) is 14.7 Å². The number of carboxylic acid groups (broad SMARTS) is 1. The monoisotopic (exact) mass is 380 g/mol. The number of nitrogens with one attached hydrogen (secondary N) is 1. The fourth-order valence-electron chi connectivity index (χ4n) is 2.31. The largest absolute Gasteiger partial charge is 0.497 e. The van der Waals surface area contributed by atoms with Crippen molar-refractivity contribution in [1.82, 2.24) is 10.3 Å². The highest BCUT2D eigenvalue weighted by Gasteiger charge is 2.25. The van der Waals surface area contributed by atoms with Gasteiger partial charge in [-0.15, -0.1) is 0 Å². The smallest absolute Gasteiger partial charge is 0.408 e. The normalized spacial score (nSPS) is 12.5. The van der Waals surface area contributed by atoms with Crippen molar-refractivity contribution in [3.63, 3.8) is 0 Å². The summed E-state index contributed by atoms with van der Waals surface area (Å²) >= 11 is 6.19. The van der Waals surface area contributed by atoms with E-state index in [1.807, 2.05) is 0 Å². The molecule has 1 aromatic heterocycles. The number of nitrogens with zero attached hydrogens (tertiary/aromatic N) is 1. The van der Waals surface area contributed by atoms with Crippen LogP contribution in [-0.4, -0.2) is 40.9 Å². The first kappa shape index (κ1) is 19.8. The topological polar surface area (TPSA) is 97.8 Å². The Morgan fingerprint density at radius 2 is 2.00 bits per heavy atom. The second-order valence-corrected chi connectivity index (χ2v) is 7.10. The van der Waals surface area contributed by atoms with E-state index in [0.717, 1.165) is 5.39 Å². The molecule has 2 N–H and O–H groups in total. The highest BCUT2D eigenvalue weighted by molar-refractivity contribution is 6.30. The number of ether oxygens (including phenoxy) is 2. The van der Waals surface area contributed by atoms with Crippen LogP contribution in [0.2, 0.25) is 5.15 Å². The molecule has 140 valence electrons. The van der Waals surface area contributed by atoms with Gasteiger partial charge in [0.25, 0.3) is 0 Å². The van der Waals surface area contributed by atoms with E-state index in [0.29, 0.717) is 16.8 Å². The van der Waals surface area contributed by atoms with Gasteiger partial charge < -0.3 is 19.9 Å². The van der Waals surface area contributed by atoms with Crippen LogP contribution in [0, 0.1) is 0 Å². The Kier molecular flexibility index (Phi) is 5.92.